The van der Waals surface area contributed by atoms with Crippen molar-refractivity contribution in [3.8, 4) is 0 Å². The number of thiophene rings is 1. The van der Waals surface area contributed by atoms with Crippen LogP contribution in [0.15, 0.2) is 29.9 Å². The molecule has 2 aromatic rings. The molecule has 0 aliphatic carbocycles. The molecule has 0 saturated heterocycles. The van der Waals surface area contributed by atoms with Crippen molar-refractivity contribution in [3.05, 3.63) is 40.3 Å². The lowest BCUT2D eigenvalue weighted by Crippen LogP contribution is -2.36. The van der Waals surface area contributed by atoms with E-state index in [1.807, 2.05) is 13.1 Å². The fraction of sp³-hybridized carbons (Fsp3) is 0.333. The van der Waals surface area contributed by atoms with Gasteiger partial charge >= 0.3 is 0 Å². The fourth-order valence-electron chi connectivity index (χ4n) is 1.63. The molecule has 1 N–H and O–H groups in total. The summed E-state index contributed by atoms with van der Waals surface area (Å²) < 4.78 is 0. The van der Waals surface area contributed by atoms with Gasteiger partial charge in [0.25, 0.3) is 5.91 Å². The Balaban J connectivity index is 2.00. The Morgan fingerprint density at radius 1 is 1.65 bits per heavy atom. The van der Waals surface area contributed by atoms with Gasteiger partial charge in [0.1, 0.15) is 0 Å². The molecule has 0 aromatic carbocycles. The summed E-state index contributed by atoms with van der Waals surface area (Å²) in [5.41, 5.74) is 0.602. The number of likely N-dealkylation sites (N-methyl/N-ethyl adjacent to an activating group) is 1. The van der Waals surface area contributed by atoms with Gasteiger partial charge in [-0.05, 0) is 18.4 Å². The van der Waals surface area contributed by atoms with Crippen LogP contribution < -0.4 is 0 Å². The number of nitrogens with zero attached hydrogens (tertiary/aromatic N) is 2. The predicted molar refractivity (Wildman–Crippen MR) is 68.2 cm³/mol. The van der Waals surface area contributed by atoms with Crippen LogP contribution >= 0.6 is 11.3 Å². The van der Waals surface area contributed by atoms with Gasteiger partial charge < -0.3 is 4.90 Å². The third-order valence-electron chi connectivity index (χ3n) is 2.80. The van der Waals surface area contributed by atoms with E-state index in [4.69, 9.17) is 0 Å². The average molecular weight is 249 g/mol. The van der Waals surface area contributed by atoms with Crippen molar-refractivity contribution < 1.29 is 4.79 Å². The molecular formula is C12H15N3OS. The summed E-state index contributed by atoms with van der Waals surface area (Å²) in [6.07, 6.45) is 4.06. The zero-order valence-corrected chi connectivity index (χ0v) is 10.7. The highest BCUT2D eigenvalue weighted by Crippen LogP contribution is 2.14. The van der Waals surface area contributed by atoms with Gasteiger partial charge in [-0.2, -0.15) is 5.10 Å². The van der Waals surface area contributed by atoms with E-state index in [2.05, 4.69) is 28.6 Å². The summed E-state index contributed by atoms with van der Waals surface area (Å²) in [6.45, 7) is 2.05. The summed E-state index contributed by atoms with van der Waals surface area (Å²) >= 11 is 1.72. The first-order valence-corrected chi connectivity index (χ1v) is 6.34. The van der Waals surface area contributed by atoms with Gasteiger partial charge in [0.05, 0.1) is 11.8 Å². The lowest BCUT2D eigenvalue weighted by Gasteiger charge is -2.24. The summed E-state index contributed by atoms with van der Waals surface area (Å²) in [6, 6.07) is 4.30. The highest BCUT2D eigenvalue weighted by Gasteiger charge is 2.18. The van der Waals surface area contributed by atoms with Crippen molar-refractivity contribution in [1.82, 2.24) is 15.1 Å². The molecule has 2 heterocycles. The molecule has 0 aliphatic rings. The third kappa shape index (κ3) is 2.74. The first kappa shape index (κ1) is 11.9. The van der Waals surface area contributed by atoms with Gasteiger partial charge in [-0.15, -0.1) is 11.3 Å². The van der Waals surface area contributed by atoms with Crippen LogP contribution in [-0.4, -0.2) is 34.1 Å². The largest absolute Gasteiger partial charge is 0.339 e. The molecule has 17 heavy (non-hydrogen) atoms. The van der Waals surface area contributed by atoms with Crippen LogP contribution in [0.3, 0.4) is 0 Å². The number of rotatable bonds is 4. The van der Waals surface area contributed by atoms with E-state index in [-0.39, 0.29) is 11.9 Å². The van der Waals surface area contributed by atoms with E-state index in [9.17, 15) is 4.79 Å². The molecule has 2 aromatic heterocycles. The lowest BCUT2D eigenvalue weighted by atomic mass is 10.1. The number of aromatic nitrogens is 2. The van der Waals surface area contributed by atoms with Crippen LogP contribution in [0.4, 0.5) is 0 Å². The molecule has 0 fully saturated rings. The maximum Gasteiger partial charge on any atom is 0.257 e. The number of H-pyrrole nitrogens is 1. The minimum absolute atomic E-state index is 0.00260. The summed E-state index contributed by atoms with van der Waals surface area (Å²) in [7, 11) is 1.83. The standard InChI is InChI=1S/C12H15N3OS/c1-9(6-11-4-3-5-17-11)15(2)12(16)10-7-13-14-8-10/h3-5,7-9H,6H2,1-2H3,(H,13,14). The van der Waals surface area contributed by atoms with Crippen molar-refractivity contribution in [2.24, 2.45) is 0 Å². The quantitative estimate of drug-likeness (QED) is 0.902. The SMILES string of the molecule is CC(Cc1cccs1)N(C)C(=O)c1cn[nH]c1. The van der Waals surface area contributed by atoms with Crippen LogP contribution in [0.25, 0.3) is 0 Å². The molecule has 1 unspecified atom stereocenters. The molecule has 1 atom stereocenters. The number of carbonyl (C=O) groups excluding carboxylic acids is 1. The Morgan fingerprint density at radius 2 is 2.47 bits per heavy atom. The van der Waals surface area contributed by atoms with Gasteiger partial charge in [-0.1, -0.05) is 6.07 Å². The molecule has 4 nitrogen and oxygen atoms in total. The Kier molecular flexibility index (Phi) is 3.58. The van der Waals surface area contributed by atoms with Crippen LogP contribution in [0.5, 0.6) is 0 Å². The second kappa shape index (κ2) is 5.14. The normalized spacial score (nSPS) is 12.4. The number of aromatic amines is 1. The van der Waals surface area contributed by atoms with E-state index in [1.54, 1.807) is 28.6 Å². The van der Waals surface area contributed by atoms with E-state index < -0.39 is 0 Å². The predicted octanol–water partition coefficient (Wildman–Crippen LogP) is 2.17. The highest BCUT2D eigenvalue weighted by atomic mass is 32.1. The fourth-order valence-corrected chi connectivity index (χ4v) is 2.45. The maximum atomic E-state index is 12.0. The molecule has 2 rings (SSSR count). The van der Waals surface area contributed by atoms with Crippen molar-refractivity contribution in [2.45, 2.75) is 19.4 Å². The Labute approximate surface area is 104 Å². The van der Waals surface area contributed by atoms with E-state index in [1.165, 1.54) is 4.88 Å². The van der Waals surface area contributed by atoms with Gasteiger partial charge in [-0.25, -0.2) is 0 Å². The summed E-state index contributed by atoms with van der Waals surface area (Å²) in [5, 5.41) is 8.50. The average Bonchev–Trinajstić information content (AvgIpc) is 2.99. The van der Waals surface area contributed by atoms with Gasteiger partial charge in [0, 0.05) is 30.6 Å². The van der Waals surface area contributed by atoms with Crippen LogP contribution in [0, 0.1) is 0 Å². The number of nitrogens with one attached hydrogen (secondary N) is 1. The zero-order chi connectivity index (χ0) is 12.3. The Bertz CT molecular complexity index is 464. The number of amides is 1. The van der Waals surface area contributed by atoms with Crippen LogP contribution in [0.2, 0.25) is 0 Å². The molecular weight excluding hydrogens is 234 g/mol. The molecule has 0 spiro atoms. The van der Waals surface area contributed by atoms with Crippen LogP contribution in [0.1, 0.15) is 22.2 Å². The summed E-state index contributed by atoms with van der Waals surface area (Å²) in [5.74, 6) is 0.00260. The second-order valence-corrected chi connectivity index (χ2v) is 5.07. The van der Waals surface area contributed by atoms with Gasteiger partial charge in [0.2, 0.25) is 0 Å². The molecule has 0 bridgehead atoms. The third-order valence-corrected chi connectivity index (χ3v) is 3.70. The molecule has 1 amide bonds. The minimum Gasteiger partial charge on any atom is -0.339 e. The number of hydrogen-bond acceptors (Lipinski definition) is 3. The monoisotopic (exact) mass is 249 g/mol. The Morgan fingerprint density at radius 3 is 3.06 bits per heavy atom. The molecule has 90 valence electrons. The minimum atomic E-state index is 0.00260. The second-order valence-electron chi connectivity index (χ2n) is 4.04. The smallest absolute Gasteiger partial charge is 0.257 e. The van der Waals surface area contributed by atoms with Crippen molar-refractivity contribution in [1.29, 1.82) is 0 Å². The molecule has 5 heteroatoms. The number of carbonyl (C=O) groups is 1. The molecule has 0 aliphatic heterocycles. The van der Waals surface area contributed by atoms with Crippen molar-refractivity contribution in [2.75, 3.05) is 7.05 Å². The topological polar surface area (TPSA) is 49.0 Å². The Hall–Kier alpha value is -1.62. The van der Waals surface area contributed by atoms with Gasteiger partial charge in [-0.3, -0.25) is 9.89 Å². The molecule has 0 radical (unpaired) electrons. The highest BCUT2D eigenvalue weighted by molar-refractivity contribution is 7.09. The molecule has 0 saturated carbocycles. The van der Waals surface area contributed by atoms with E-state index in [0.717, 1.165) is 6.42 Å². The van der Waals surface area contributed by atoms with Crippen molar-refractivity contribution in [3.63, 3.8) is 0 Å². The zero-order valence-electron chi connectivity index (χ0n) is 9.88. The first-order chi connectivity index (χ1) is 8.18. The van der Waals surface area contributed by atoms with E-state index in [0.29, 0.717) is 5.56 Å². The number of hydrogen-bond donors (Lipinski definition) is 1. The first-order valence-electron chi connectivity index (χ1n) is 5.47. The van der Waals surface area contributed by atoms with Crippen molar-refractivity contribution >= 4 is 17.2 Å². The summed E-state index contributed by atoms with van der Waals surface area (Å²) in [4.78, 5) is 15.1. The maximum absolute atomic E-state index is 12.0. The lowest BCUT2D eigenvalue weighted by molar-refractivity contribution is 0.0744. The van der Waals surface area contributed by atoms with Crippen LogP contribution in [-0.2, 0) is 6.42 Å². The van der Waals surface area contributed by atoms with E-state index >= 15 is 0 Å². The van der Waals surface area contributed by atoms with Gasteiger partial charge in [0.15, 0.2) is 0 Å².